The lowest BCUT2D eigenvalue weighted by Crippen LogP contribution is -2.27. The van der Waals surface area contributed by atoms with Crippen molar-refractivity contribution < 1.29 is 4.74 Å². The number of hydrogen-bond acceptors (Lipinski definition) is 5. The van der Waals surface area contributed by atoms with Gasteiger partial charge in [-0.3, -0.25) is 4.57 Å². The minimum absolute atomic E-state index is 0.0216. The molecule has 2 aromatic rings. The molecule has 122 valence electrons. The van der Waals surface area contributed by atoms with Crippen LogP contribution in [0.2, 0.25) is 0 Å². The summed E-state index contributed by atoms with van der Waals surface area (Å²) in [6, 6.07) is 1.79. The van der Waals surface area contributed by atoms with Crippen molar-refractivity contribution in [3.8, 4) is 5.82 Å². The maximum absolute atomic E-state index is 12.3. The van der Waals surface area contributed by atoms with Crippen LogP contribution in [0.1, 0.15) is 33.2 Å². The molecule has 0 saturated carbocycles. The standard InChI is InChI=1S/C16H21N5O2/c1-16(2,3)23-9-12-4-5-13(8-12)20-7-6-14(19-15(20)22)21-11-17-10-18-21/h4-7,10-13H,8-9H2,1-3H3/t12-,13+/m0/s1. The Kier molecular flexibility index (Phi) is 4.12. The molecule has 1 aliphatic rings. The van der Waals surface area contributed by atoms with Crippen molar-refractivity contribution in [1.82, 2.24) is 24.3 Å². The van der Waals surface area contributed by atoms with Gasteiger partial charge in [0.25, 0.3) is 0 Å². The first-order chi connectivity index (χ1) is 10.9. The summed E-state index contributed by atoms with van der Waals surface area (Å²) < 4.78 is 8.94. The van der Waals surface area contributed by atoms with E-state index in [1.54, 1.807) is 16.8 Å². The summed E-state index contributed by atoms with van der Waals surface area (Å²) in [6.45, 7) is 6.79. The first-order valence-corrected chi connectivity index (χ1v) is 7.69. The molecule has 0 unspecified atom stereocenters. The molecule has 0 aromatic carbocycles. The Balaban J connectivity index is 1.69. The van der Waals surface area contributed by atoms with Crippen LogP contribution < -0.4 is 5.69 Å². The molecule has 0 spiro atoms. The van der Waals surface area contributed by atoms with E-state index < -0.39 is 0 Å². The molecule has 7 heteroatoms. The second-order valence-electron chi connectivity index (χ2n) is 6.69. The maximum atomic E-state index is 12.3. The molecular formula is C16H21N5O2. The predicted octanol–water partition coefficient (Wildman–Crippen LogP) is 1.76. The first kappa shape index (κ1) is 15.6. The number of allylic oxidation sites excluding steroid dienone is 1. The van der Waals surface area contributed by atoms with Gasteiger partial charge in [-0.25, -0.2) is 14.5 Å². The monoisotopic (exact) mass is 315 g/mol. The number of hydrogen-bond donors (Lipinski definition) is 0. The Morgan fingerprint density at radius 2 is 2.17 bits per heavy atom. The molecule has 2 aromatic heterocycles. The summed E-state index contributed by atoms with van der Waals surface area (Å²) in [6.07, 6.45) is 9.70. The molecular weight excluding hydrogens is 294 g/mol. The van der Waals surface area contributed by atoms with Crippen molar-refractivity contribution in [3.05, 3.63) is 47.6 Å². The summed E-state index contributed by atoms with van der Waals surface area (Å²) in [5.74, 6) is 0.791. The summed E-state index contributed by atoms with van der Waals surface area (Å²) in [5.41, 5.74) is -0.436. The molecule has 0 saturated heterocycles. The minimum Gasteiger partial charge on any atom is -0.375 e. The predicted molar refractivity (Wildman–Crippen MR) is 85.4 cm³/mol. The van der Waals surface area contributed by atoms with Crippen LogP contribution >= 0.6 is 0 Å². The number of nitrogens with zero attached hydrogens (tertiary/aromatic N) is 5. The van der Waals surface area contributed by atoms with E-state index >= 15 is 0 Å². The van der Waals surface area contributed by atoms with Gasteiger partial charge in [-0.05, 0) is 33.3 Å². The van der Waals surface area contributed by atoms with Crippen LogP contribution in [0.15, 0.2) is 41.9 Å². The molecule has 0 fully saturated rings. The Morgan fingerprint density at radius 3 is 2.83 bits per heavy atom. The highest BCUT2D eigenvalue weighted by atomic mass is 16.5. The van der Waals surface area contributed by atoms with E-state index in [4.69, 9.17) is 4.74 Å². The fourth-order valence-electron chi connectivity index (χ4n) is 2.55. The van der Waals surface area contributed by atoms with E-state index in [1.807, 2.05) is 20.8 Å². The Morgan fingerprint density at radius 1 is 1.35 bits per heavy atom. The summed E-state index contributed by atoms with van der Waals surface area (Å²) >= 11 is 0. The zero-order valence-electron chi connectivity index (χ0n) is 13.6. The number of aromatic nitrogens is 5. The van der Waals surface area contributed by atoms with Gasteiger partial charge in [-0.15, -0.1) is 0 Å². The van der Waals surface area contributed by atoms with Gasteiger partial charge < -0.3 is 4.74 Å². The summed E-state index contributed by atoms with van der Waals surface area (Å²) in [7, 11) is 0. The number of rotatable bonds is 4. The zero-order chi connectivity index (χ0) is 16.4. The molecule has 0 radical (unpaired) electrons. The lowest BCUT2D eigenvalue weighted by molar-refractivity contribution is -0.0161. The first-order valence-electron chi connectivity index (χ1n) is 7.69. The average Bonchev–Trinajstić information content (AvgIpc) is 3.16. The van der Waals surface area contributed by atoms with E-state index in [2.05, 4.69) is 27.2 Å². The van der Waals surface area contributed by atoms with Crippen LogP contribution in [-0.2, 0) is 4.74 Å². The summed E-state index contributed by atoms with van der Waals surface area (Å²) in [5, 5.41) is 3.98. The largest absolute Gasteiger partial charge is 0.375 e. The smallest absolute Gasteiger partial charge is 0.350 e. The number of ether oxygens (including phenoxy) is 1. The Labute approximate surface area is 134 Å². The van der Waals surface area contributed by atoms with Gasteiger partial charge in [0.15, 0.2) is 5.82 Å². The van der Waals surface area contributed by atoms with Crippen LogP contribution in [0, 0.1) is 5.92 Å². The highest BCUT2D eigenvalue weighted by Gasteiger charge is 2.23. The third-order valence-corrected chi connectivity index (χ3v) is 3.71. The van der Waals surface area contributed by atoms with E-state index in [9.17, 15) is 4.79 Å². The van der Waals surface area contributed by atoms with Crippen LogP contribution in [-0.4, -0.2) is 36.5 Å². The van der Waals surface area contributed by atoms with Crippen molar-refractivity contribution in [2.45, 2.75) is 38.8 Å². The van der Waals surface area contributed by atoms with Crippen molar-refractivity contribution >= 4 is 0 Å². The van der Waals surface area contributed by atoms with Crippen molar-refractivity contribution in [3.63, 3.8) is 0 Å². The van der Waals surface area contributed by atoms with E-state index in [1.165, 1.54) is 17.3 Å². The minimum atomic E-state index is -0.287. The van der Waals surface area contributed by atoms with Gasteiger partial charge in [0.1, 0.15) is 12.7 Å². The Hall–Kier alpha value is -2.28. The van der Waals surface area contributed by atoms with E-state index in [0.717, 1.165) is 6.42 Å². The fraction of sp³-hybridized carbons (Fsp3) is 0.500. The SMILES string of the molecule is CC(C)(C)OC[C@H]1C=C[C@@H](n2ccc(-n3cncn3)nc2=O)C1. The Bertz CT molecular complexity index is 743. The second kappa shape index (κ2) is 6.08. The molecule has 23 heavy (non-hydrogen) atoms. The molecule has 0 aliphatic heterocycles. The quantitative estimate of drug-likeness (QED) is 0.804. The summed E-state index contributed by atoms with van der Waals surface area (Å²) in [4.78, 5) is 20.2. The van der Waals surface area contributed by atoms with Crippen LogP contribution in [0.4, 0.5) is 0 Å². The van der Waals surface area contributed by atoms with Crippen molar-refractivity contribution in [1.29, 1.82) is 0 Å². The molecule has 7 nitrogen and oxygen atoms in total. The van der Waals surface area contributed by atoms with Gasteiger partial charge in [0, 0.05) is 12.1 Å². The topological polar surface area (TPSA) is 74.8 Å². The maximum Gasteiger partial charge on any atom is 0.350 e. The van der Waals surface area contributed by atoms with Gasteiger partial charge >= 0.3 is 5.69 Å². The van der Waals surface area contributed by atoms with Crippen molar-refractivity contribution in [2.24, 2.45) is 5.92 Å². The van der Waals surface area contributed by atoms with Crippen molar-refractivity contribution in [2.75, 3.05) is 6.61 Å². The third-order valence-electron chi connectivity index (χ3n) is 3.71. The lowest BCUT2D eigenvalue weighted by Gasteiger charge is -2.22. The van der Waals surface area contributed by atoms with Gasteiger partial charge in [-0.1, -0.05) is 12.2 Å². The van der Waals surface area contributed by atoms with E-state index in [-0.39, 0.29) is 17.3 Å². The molecule has 2 heterocycles. The van der Waals surface area contributed by atoms with Crippen LogP contribution in [0.5, 0.6) is 0 Å². The molecule has 0 N–H and O–H groups in total. The normalized spacial score (nSPS) is 21.0. The van der Waals surface area contributed by atoms with Gasteiger partial charge in [0.05, 0.1) is 18.2 Å². The highest BCUT2D eigenvalue weighted by Crippen LogP contribution is 2.27. The average molecular weight is 315 g/mol. The van der Waals surface area contributed by atoms with Gasteiger partial charge in [0.2, 0.25) is 0 Å². The van der Waals surface area contributed by atoms with Crippen LogP contribution in [0.25, 0.3) is 5.82 Å². The third kappa shape index (κ3) is 3.73. The fourth-order valence-corrected chi connectivity index (χ4v) is 2.55. The molecule has 1 aliphatic carbocycles. The van der Waals surface area contributed by atoms with Gasteiger partial charge in [-0.2, -0.15) is 10.1 Å². The molecule has 3 rings (SSSR count). The molecule has 0 bridgehead atoms. The highest BCUT2D eigenvalue weighted by molar-refractivity contribution is 5.17. The molecule has 2 atom stereocenters. The molecule has 0 amide bonds. The zero-order valence-corrected chi connectivity index (χ0v) is 13.6. The van der Waals surface area contributed by atoms with Crippen LogP contribution in [0.3, 0.4) is 0 Å². The van der Waals surface area contributed by atoms with E-state index in [0.29, 0.717) is 18.3 Å². The second-order valence-corrected chi connectivity index (χ2v) is 6.69. The lowest BCUT2D eigenvalue weighted by atomic mass is 10.1.